The smallest absolute Gasteiger partial charge is 0.230 e. The van der Waals surface area contributed by atoms with Crippen molar-refractivity contribution < 1.29 is 10.0 Å². The predicted octanol–water partition coefficient (Wildman–Crippen LogP) is 0.467. The van der Waals surface area contributed by atoms with Crippen molar-refractivity contribution in [2.24, 2.45) is 10.9 Å². The number of carbonyl (C=O) groups is 1. The van der Waals surface area contributed by atoms with E-state index in [1.165, 1.54) is 5.56 Å². The van der Waals surface area contributed by atoms with Crippen molar-refractivity contribution in [3.8, 4) is 0 Å². The van der Waals surface area contributed by atoms with Crippen molar-refractivity contribution in [1.82, 2.24) is 9.80 Å². The first kappa shape index (κ1) is 14.3. The number of benzene rings is 1. The van der Waals surface area contributed by atoms with Crippen LogP contribution in [0.2, 0.25) is 0 Å². The second-order valence-corrected chi connectivity index (χ2v) is 4.91. The van der Waals surface area contributed by atoms with E-state index < -0.39 is 0 Å². The topological polar surface area (TPSA) is 82.2 Å². The van der Waals surface area contributed by atoms with Gasteiger partial charge in [0.2, 0.25) is 5.91 Å². The fourth-order valence-corrected chi connectivity index (χ4v) is 2.30. The molecule has 1 saturated heterocycles. The van der Waals surface area contributed by atoms with Gasteiger partial charge in [0.05, 0.1) is 6.42 Å². The van der Waals surface area contributed by atoms with Crippen LogP contribution >= 0.6 is 0 Å². The molecule has 0 aliphatic carbocycles. The molecule has 0 aromatic heterocycles. The summed E-state index contributed by atoms with van der Waals surface area (Å²) in [4.78, 5) is 16.0. The standard InChI is InChI=1S/C14H20N4O2/c15-13(16-20)10-14(19)18-8-6-17(7-9-18)11-12-4-2-1-3-5-12/h1-5,20H,6-11H2,(H2,15,16). The monoisotopic (exact) mass is 276 g/mol. The summed E-state index contributed by atoms with van der Waals surface area (Å²) >= 11 is 0. The zero-order valence-electron chi connectivity index (χ0n) is 11.4. The Morgan fingerprint density at radius 2 is 1.85 bits per heavy atom. The molecule has 1 heterocycles. The number of nitrogens with zero attached hydrogens (tertiary/aromatic N) is 3. The van der Waals surface area contributed by atoms with Gasteiger partial charge in [-0.15, -0.1) is 0 Å². The maximum atomic E-state index is 11.9. The number of carbonyl (C=O) groups excluding carboxylic acids is 1. The third kappa shape index (κ3) is 3.96. The molecule has 0 saturated carbocycles. The molecule has 0 spiro atoms. The third-order valence-electron chi connectivity index (χ3n) is 3.43. The Morgan fingerprint density at radius 1 is 1.20 bits per heavy atom. The van der Waals surface area contributed by atoms with Crippen molar-refractivity contribution in [2.45, 2.75) is 13.0 Å². The average Bonchev–Trinajstić information content (AvgIpc) is 2.49. The van der Waals surface area contributed by atoms with Crippen LogP contribution in [-0.4, -0.2) is 52.9 Å². The van der Waals surface area contributed by atoms with E-state index in [1.807, 2.05) is 18.2 Å². The number of oxime groups is 1. The lowest BCUT2D eigenvalue weighted by Crippen LogP contribution is -2.48. The first-order chi connectivity index (χ1) is 9.69. The van der Waals surface area contributed by atoms with E-state index in [0.717, 1.165) is 19.6 Å². The maximum Gasteiger partial charge on any atom is 0.230 e. The number of hydrogen-bond donors (Lipinski definition) is 2. The molecule has 0 radical (unpaired) electrons. The molecule has 1 aromatic rings. The van der Waals surface area contributed by atoms with Crippen LogP contribution in [0.4, 0.5) is 0 Å². The molecule has 1 fully saturated rings. The minimum absolute atomic E-state index is 0.0187. The van der Waals surface area contributed by atoms with Crippen molar-refractivity contribution in [2.75, 3.05) is 26.2 Å². The van der Waals surface area contributed by atoms with Crippen molar-refractivity contribution in [3.63, 3.8) is 0 Å². The van der Waals surface area contributed by atoms with Crippen LogP contribution in [0, 0.1) is 0 Å². The Morgan fingerprint density at radius 3 is 2.45 bits per heavy atom. The van der Waals surface area contributed by atoms with E-state index in [9.17, 15) is 4.79 Å². The van der Waals surface area contributed by atoms with Gasteiger partial charge in [0, 0.05) is 32.7 Å². The Hall–Kier alpha value is -2.08. The van der Waals surface area contributed by atoms with E-state index in [4.69, 9.17) is 10.9 Å². The zero-order valence-corrected chi connectivity index (χ0v) is 11.4. The second kappa shape index (κ2) is 6.91. The molecule has 3 N–H and O–H groups in total. The van der Waals surface area contributed by atoms with Crippen LogP contribution in [0.5, 0.6) is 0 Å². The number of piperazine rings is 1. The van der Waals surface area contributed by atoms with Crippen LogP contribution in [-0.2, 0) is 11.3 Å². The summed E-state index contributed by atoms with van der Waals surface area (Å²) in [5.41, 5.74) is 6.63. The molecule has 2 rings (SSSR count). The van der Waals surface area contributed by atoms with E-state index in [-0.39, 0.29) is 18.2 Å². The highest BCUT2D eigenvalue weighted by molar-refractivity contribution is 5.98. The Kier molecular flexibility index (Phi) is 4.95. The summed E-state index contributed by atoms with van der Waals surface area (Å²) in [7, 11) is 0. The van der Waals surface area contributed by atoms with E-state index in [1.54, 1.807) is 4.90 Å². The normalized spacial score (nSPS) is 17.2. The van der Waals surface area contributed by atoms with E-state index >= 15 is 0 Å². The molecule has 1 amide bonds. The van der Waals surface area contributed by atoms with Gasteiger partial charge >= 0.3 is 0 Å². The number of amides is 1. The minimum atomic E-state index is -0.0836. The summed E-state index contributed by atoms with van der Waals surface area (Å²) in [5.74, 6) is -0.124. The van der Waals surface area contributed by atoms with Crippen LogP contribution in [0.3, 0.4) is 0 Å². The molecule has 1 aromatic carbocycles. The largest absolute Gasteiger partial charge is 0.409 e. The SMILES string of the molecule is N/C(CC(=O)N1CCN(Cc2ccccc2)CC1)=N\O. The molecule has 20 heavy (non-hydrogen) atoms. The predicted molar refractivity (Wildman–Crippen MR) is 76.3 cm³/mol. The number of amidine groups is 1. The Balaban J connectivity index is 1.79. The van der Waals surface area contributed by atoms with E-state index in [0.29, 0.717) is 13.1 Å². The van der Waals surface area contributed by atoms with E-state index in [2.05, 4.69) is 22.2 Å². The van der Waals surface area contributed by atoms with Gasteiger partial charge < -0.3 is 15.8 Å². The van der Waals surface area contributed by atoms with Gasteiger partial charge in [-0.25, -0.2) is 0 Å². The minimum Gasteiger partial charge on any atom is -0.409 e. The highest BCUT2D eigenvalue weighted by Crippen LogP contribution is 2.09. The zero-order chi connectivity index (χ0) is 14.4. The maximum absolute atomic E-state index is 11.9. The van der Waals surface area contributed by atoms with Gasteiger partial charge in [0.15, 0.2) is 0 Å². The summed E-state index contributed by atoms with van der Waals surface area (Å²) in [6, 6.07) is 10.3. The third-order valence-corrected chi connectivity index (χ3v) is 3.43. The quantitative estimate of drug-likeness (QED) is 0.362. The number of nitrogens with two attached hydrogens (primary N) is 1. The van der Waals surface area contributed by atoms with Crippen LogP contribution in [0.1, 0.15) is 12.0 Å². The first-order valence-electron chi connectivity index (χ1n) is 6.69. The van der Waals surface area contributed by atoms with Crippen LogP contribution in [0.15, 0.2) is 35.5 Å². The summed E-state index contributed by atoms with van der Waals surface area (Å²) in [6.45, 7) is 3.96. The Bertz CT molecular complexity index is 467. The summed E-state index contributed by atoms with van der Waals surface area (Å²) in [5, 5.41) is 11.3. The van der Waals surface area contributed by atoms with Crippen molar-refractivity contribution >= 4 is 11.7 Å². The van der Waals surface area contributed by atoms with Crippen molar-refractivity contribution in [3.05, 3.63) is 35.9 Å². The highest BCUT2D eigenvalue weighted by atomic mass is 16.4. The lowest BCUT2D eigenvalue weighted by molar-refractivity contribution is -0.131. The average molecular weight is 276 g/mol. The van der Waals surface area contributed by atoms with Crippen molar-refractivity contribution in [1.29, 1.82) is 0 Å². The molecule has 0 bridgehead atoms. The van der Waals surface area contributed by atoms with Gasteiger partial charge in [-0.1, -0.05) is 35.5 Å². The highest BCUT2D eigenvalue weighted by Gasteiger charge is 2.21. The van der Waals surface area contributed by atoms with Gasteiger partial charge in [-0.3, -0.25) is 9.69 Å². The first-order valence-corrected chi connectivity index (χ1v) is 6.69. The second-order valence-electron chi connectivity index (χ2n) is 4.91. The molecule has 108 valence electrons. The fourth-order valence-electron chi connectivity index (χ4n) is 2.30. The molecule has 1 aliphatic heterocycles. The van der Waals surface area contributed by atoms with Crippen LogP contribution in [0.25, 0.3) is 0 Å². The molecule has 6 heteroatoms. The van der Waals surface area contributed by atoms with Gasteiger partial charge in [0.25, 0.3) is 0 Å². The van der Waals surface area contributed by atoms with Crippen LogP contribution < -0.4 is 5.73 Å². The fraction of sp³-hybridized carbons (Fsp3) is 0.429. The molecule has 6 nitrogen and oxygen atoms in total. The van der Waals surface area contributed by atoms with Gasteiger partial charge in [0.1, 0.15) is 5.84 Å². The molecule has 0 unspecified atom stereocenters. The van der Waals surface area contributed by atoms with Gasteiger partial charge in [-0.05, 0) is 5.56 Å². The molecule has 0 atom stereocenters. The number of hydrogen-bond acceptors (Lipinski definition) is 4. The summed E-state index contributed by atoms with van der Waals surface area (Å²) < 4.78 is 0. The Labute approximate surface area is 118 Å². The lowest BCUT2D eigenvalue weighted by Gasteiger charge is -2.34. The molecular formula is C14H20N4O2. The molecule has 1 aliphatic rings. The molecular weight excluding hydrogens is 256 g/mol. The number of rotatable bonds is 4. The lowest BCUT2D eigenvalue weighted by atomic mass is 10.2. The summed E-state index contributed by atoms with van der Waals surface area (Å²) in [6.07, 6.45) is -0.0187. The van der Waals surface area contributed by atoms with Gasteiger partial charge in [-0.2, -0.15) is 0 Å².